The van der Waals surface area contributed by atoms with Gasteiger partial charge in [-0.05, 0) is 44.5 Å². The van der Waals surface area contributed by atoms with Crippen LogP contribution in [0.25, 0.3) is 0 Å². The average molecular weight is 403 g/mol. The normalized spacial score (nSPS) is 22.6. The molecule has 0 aromatic heterocycles. The summed E-state index contributed by atoms with van der Waals surface area (Å²) in [5.74, 6) is 0.933. The molecule has 1 aromatic carbocycles. The number of benzene rings is 1. The Bertz CT molecular complexity index is 537. The number of halogens is 2. The molecule has 1 aromatic rings. The first-order valence-electron chi connectivity index (χ1n) is 8.42. The SMILES string of the molecule is Cc1ccc(Cl)c(N2CCNCC2Br)c1OCCN1CCCC1. The fourth-order valence-corrected chi connectivity index (χ4v) is 4.20. The number of anilines is 1. The third-order valence-corrected chi connectivity index (χ3v) is 5.72. The molecule has 1 N–H and O–H groups in total. The van der Waals surface area contributed by atoms with Crippen molar-refractivity contribution in [3.05, 3.63) is 22.7 Å². The molecule has 2 saturated heterocycles. The molecular weight excluding hydrogens is 378 g/mol. The van der Waals surface area contributed by atoms with Crippen molar-refractivity contribution in [1.29, 1.82) is 0 Å². The number of likely N-dealkylation sites (tertiary alicyclic amines) is 1. The highest BCUT2D eigenvalue weighted by Crippen LogP contribution is 2.40. The maximum atomic E-state index is 6.53. The predicted octanol–water partition coefficient (Wildman–Crippen LogP) is 3.25. The summed E-state index contributed by atoms with van der Waals surface area (Å²) < 4.78 is 6.20. The van der Waals surface area contributed by atoms with E-state index < -0.39 is 0 Å². The molecule has 3 rings (SSSR count). The smallest absolute Gasteiger partial charge is 0.147 e. The first-order valence-corrected chi connectivity index (χ1v) is 9.72. The van der Waals surface area contributed by atoms with Gasteiger partial charge in [0.05, 0.1) is 15.7 Å². The fourth-order valence-electron chi connectivity index (χ4n) is 3.30. The first-order chi connectivity index (χ1) is 11.2. The number of aryl methyl sites for hydroxylation is 1. The average Bonchev–Trinajstić information content (AvgIpc) is 3.05. The largest absolute Gasteiger partial charge is 0.490 e. The van der Waals surface area contributed by atoms with Gasteiger partial charge in [0.25, 0.3) is 0 Å². The van der Waals surface area contributed by atoms with Crippen LogP contribution in [0.2, 0.25) is 5.02 Å². The molecule has 0 radical (unpaired) electrons. The maximum Gasteiger partial charge on any atom is 0.147 e. The zero-order valence-electron chi connectivity index (χ0n) is 13.7. The number of nitrogens with zero attached hydrogens (tertiary/aromatic N) is 2. The summed E-state index contributed by atoms with van der Waals surface area (Å²) in [6.07, 6.45) is 2.63. The van der Waals surface area contributed by atoms with E-state index in [-0.39, 0.29) is 4.95 Å². The molecule has 128 valence electrons. The Kier molecular flexibility index (Phi) is 6.07. The number of nitrogens with one attached hydrogen (secondary N) is 1. The van der Waals surface area contributed by atoms with E-state index in [9.17, 15) is 0 Å². The van der Waals surface area contributed by atoms with Gasteiger partial charge in [-0.3, -0.25) is 4.90 Å². The lowest BCUT2D eigenvalue weighted by Gasteiger charge is -2.36. The van der Waals surface area contributed by atoms with Crippen molar-refractivity contribution in [3.63, 3.8) is 0 Å². The van der Waals surface area contributed by atoms with Gasteiger partial charge in [0.1, 0.15) is 12.4 Å². The lowest BCUT2D eigenvalue weighted by molar-refractivity contribution is 0.237. The molecule has 1 unspecified atom stereocenters. The standard InChI is InChI=1S/C17H25BrClN3O/c1-13-4-5-14(19)16(22-9-6-20-12-15(22)18)17(13)23-11-10-21-7-2-3-8-21/h4-5,15,20H,2-3,6-12H2,1H3. The molecule has 6 heteroatoms. The van der Waals surface area contributed by atoms with Crippen molar-refractivity contribution in [2.45, 2.75) is 24.7 Å². The summed E-state index contributed by atoms with van der Waals surface area (Å²) >= 11 is 10.3. The Morgan fingerprint density at radius 2 is 2.09 bits per heavy atom. The number of hydrogen-bond acceptors (Lipinski definition) is 4. The highest BCUT2D eigenvalue weighted by molar-refractivity contribution is 9.09. The minimum atomic E-state index is 0.233. The van der Waals surface area contributed by atoms with E-state index in [1.807, 2.05) is 12.1 Å². The summed E-state index contributed by atoms with van der Waals surface area (Å²) in [6, 6.07) is 4.02. The number of ether oxygens (including phenoxy) is 1. The van der Waals surface area contributed by atoms with Crippen LogP contribution >= 0.6 is 27.5 Å². The topological polar surface area (TPSA) is 27.7 Å². The van der Waals surface area contributed by atoms with Gasteiger partial charge in [-0.2, -0.15) is 0 Å². The Morgan fingerprint density at radius 1 is 1.30 bits per heavy atom. The Hall–Kier alpha value is -0.490. The molecule has 2 aliphatic rings. The Labute approximate surface area is 152 Å². The van der Waals surface area contributed by atoms with E-state index in [1.165, 1.54) is 25.9 Å². The van der Waals surface area contributed by atoms with Crippen LogP contribution in [0.15, 0.2) is 12.1 Å². The molecule has 0 spiro atoms. The summed E-state index contributed by atoms with van der Waals surface area (Å²) in [5, 5.41) is 4.15. The maximum absolute atomic E-state index is 6.53. The van der Waals surface area contributed by atoms with Gasteiger partial charge < -0.3 is 15.0 Å². The highest BCUT2D eigenvalue weighted by Gasteiger charge is 2.26. The van der Waals surface area contributed by atoms with Crippen molar-refractivity contribution in [2.24, 2.45) is 0 Å². The van der Waals surface area contributed by atoms with E-state index in [0.29, 0.717) is 6.61 Å². The lowest BCUT2D eigenvalue weighted by Crippen LogP contribution is -2.48. The second-order valence-corrected chi connectivity index (χ2v) is 7.74. The molecule has 0 saturated carbocycles. The minimum Gasteiger partial charge on any atom is -0.490 e. The van der Waals surface area contributed by atoms with Gasteiger partial charge in [-0.15, -0.1) is 0 Å². The summed E-state index contributed by atoms with van der Waals surface area (Å²) in [4.78, 5) is 5.01. The molecule has 0 amide bonds. The molecule has 2 fully saturated rings. The van der Waals surface area contributed by atoms with Gasteiger partial charge in [-0.1, -0.05) is 33.6 Å². The van der Waals surface area contributed by atoms with Gasteiger partial charge in [-0.25, -0.2) is 0 Å². The molecule has 23 heavy (non-hydrogen) atoms. The third-order valence-electron chi connectivity index (χ3n) is 4.60. The number of rotatable bonds is 5. The van der Waals surface area contributed by atoms with E-state index in [4.69, 9.17) is 16.3 Å². The van der Waals surface area contributed by atoms with Crippen LogP contribution in [0.1, 0.15) is 18.4 Å². The number of alkyl halides is 1. The molecule has 0 bridgehead atoms. The van der Waals surface area contributed by atoms with Crippen molar-refractivity contribution >= 4 is 33.2 Å². The van der Waals surface area contributed by atoms with Crippen LogP contribution in [-0.4, -0.2) is 55.7 Å². The number of hydrogen-bond donors (Lipinski definition) is 1. The minimum absolute atomic E-state index is 0.233. The third kappa shape index (κ3) is 4.13. The molecule has 2 aliphatic heterocycles. The zero-order chi connectivity index (χ0) is 16.2. The quantitative estimate of drug-likeness (QED) is 0.604. The lowest BCUT2D eigenvalue weighted by atomic mass is 10.1. The van der Waals surface area contributed by atoms with E-state index >= 15 is 0 Å². The second kappa shape index (κ2) is 8.06. The first kappa shape index (κ1) is 17.3. The molecule has 0 aliphatic carbocycles. The van der Waals surface area contributed by atoms with Crippen molar-refractivity contribution < 1.29 is 4.74 Å². The van der Waals surface area contributed by atoms with Crippen molar-refractivity contribution in [3.8, 4) is 5.75 Å². The monoisotopic (exact) mass is 401 g/mol. The zero-order valence-corrected chi connectivity index (χ0v) is 16.0. The van der Waals surface area contributed by atoms with E-state index in [0.717, 1.165) is 48.2 Å². The second-order valence-electron chi connectivity index (χ2n) is 6.27. The van der Waals surface area contributed by atoms with E-state index in [1.54, 1.807) is 0 Å². The number of piperazine rings is 1. The summed E-state index contributed by atoms with van der Waals surface area (Å²) in [6.45, 7) is 8.98. The summed E-state index contributed by atoms with van der Waals surface area (Å²) in [5.41, 5.74) is 2.17. The van der Waals surface area contributed by atoms with Crippen LogP contribution in [0.5, 0.6) is 5.75 Å². The Morgan fingerprint density at radius 3 is 2.83 bits per heavy atom. The molecule has 2 heterocycles. The fraction of sp³-hybridized carbons (Fsp3) is 0.647. The van der Waals surface area contributed by atoms with Gasteiger partial charge in [0.15, 0.2) is 0 Å². The van der Waals surface area contributed by atoms with Gasteiger partial charge in [0.2, 0.25) is 0 Å². The van der Waals surface area contributed by atoms with Crippen LogP contribution in [0.3, 0.4) is 0 Å². The van der Waals surface area contributed by atoms with Crippen LogP contribution in [0.4, 0.5) is 5.69 Å². The Balaban J connectivity index is 1.75. The van der Waals surface area contributed by atoms with E-state index in [2.05, 4.69) is 38.0 Å². The van der Waals surface area contributed by atoms with Crippen LogP contribution in [-0.2, 0) is 0 Å². The predicted molar refractivity (Wildman–Crippen MR) is 100 cm³/mol. The molecule has 4 nitrogen and oxygen atoms in total. The van der Waals surface area contributed by atoms with Crippen LogP contribution in [0, 0.1) is 6.92 Å². The van der Waals surface area contributed by atoms with Crippen LogP contribution < -0.4 is 15.0 Å². The van der Waals surface area contributed by atoms with Crippen molar-refractivity contribution in [2.75, 3.05) is 50.8 Å². The highest BCUT2D eigenvalue weighted by atomic mass is 79.9. The molecular formula is C17H25BrClN3O. The van der Waals surface area contributed by atoms with Gasteiger partial charge in [0, 0.05) is 26.2 Å². The molecule has 1 atom stereocenters. The van der Waals surface area contributed by atoms with Crippen molar-refractivity contribution in [1.82, 2.24) is 10.2 Å². The van der Waals surface area contributed by atoms with Gasteiger partial charge >= 0.3 is 0 Å². The summed E-state index contributed by atoms with van der Waals surface area (Å²) in [7, 11) is 0.